The summed E-state index contributed by atoms with van der Waals surface area (Å²) >= 11 is 2.24. The lowest BCUT2D eigenvalue weighted by Crippen LogP contribution is -2.54. The Balaban J connectivity index is 1.69. The zero-order chi connectivity index (χ0) is 26.0. The van der Waals surface area contributed by atoms with Crippen molar-refractivity contribution in [3.8, 4) is 11.5 Å². The maximum atomic E-state index is 13.2. The predicted octanol–water partition coefficient (Wildman–Crippen LogP) is 5.18. The number of benzene rings is 3. The lowest BCUT2D eigenvalue weighted by Gasteiger charge is -2.26. The zero-order valence-electron chi connectivity index (χ0n) is 20.3. The van der Waals surface area contributed by atoms with Crippen LogP contribution in [-0.4, -0.2) is 32.1 Å². The second-order valence-corrected chi connectivity index (χ2v) is 9.67. The van der Waals surface area contributed by atoms with Crippen molar-refractivity contribution in [1.82, 2.24) is 5.32 Å². The molecule has 7 nitrogen and oxygen atoms in total. The Bertz CT molecular complexity index is 1380. The van der Waals surface area contributed by atoms with Gasteiger partial charge in [-0.25, -0.2) is 9.69 Å². The zero-order valence-corrected chi connectivity index (χ0v) is 22.5. The van der Waals surface area contributed by atoms with Crippen molar-refractivity contribution in [2.45, 2.75) is 20.3 Å². The van der Waals surface area contributed by atoms with E-state index in [0.717, 1.165) is 14.0 Å². The van der Waals surface area contributed by atoms with Crippen LogP contribution in [-0.2, 0) is 16.0 Å². The number of nitrogens with one attached hydrogen (secondary N) is 1. The lowest BCUT2D eigenvalue weighted by molar-refractivity contribution is -0.122. The van der Waals surface area contributed by atoms with Crippen LogP contribution in [0.15, 0.2) is 60.2 Å². The summed E-state index contributed by atoms with van der Waals surface area (Å²) in [7, 11) is 3.12. The van der Waals surface area contributed by atoms with Crippen LogP contribution < -0.4 is 19.7 Å². The second-order valence-electron chi connectivity index (χ2n) is 8.51. The number of amides is 4. The van der Waals surface area contributed by atoms with Gasteiger partial charge in [-0.1, -0.05) is 29.3 Å². The fourth-order valence-corrected chi connectivity index (χ4v) is 5.05. The Labute approximate surface area is 223 Å². The Morgan fingerprint density at radius 1 is 0.917 bits per heavy atom. The van der Waals surface area contributed by atoms with E-state index < -0.39 is 17.8 Å². The summed E-state index contributed by atoms with van der Waals surface area (Å²) in [6.07, 6.45) is 2.16. The van der Waals surface area contributed by atoms with E-state index in [1.165, 1.54) is 29.9 Å². The van der Waals surface area contributed by atoms with Gasteiger partial charge in [0, 0.05) is 15.6 Å². The fourth-order valence-electron chi connectivity index (χ4n) is 4.23. The topological polar surface area (TPSA) is 84.9 Å². The minimum Gasteiger partial charge on any atom is -0.497 e. The van der Waals surface area contributed by atoms with Crippen LogP contribution in [0.1, 0.15) is 27.8 Å². The van der Waals surface area contributed by atoms with Crippen LogP contribution in [0.4, 0.5) is 10.5 Å². The molecule has 0 bridgehead atoms. The van der Waals surface area contributed by atoms with Gasteiger partial charge in [-0.2, -0.15) is 0 Å². The number of ether oxygens (including phenoxy) is 2. The predicted molar refractivity (Wildman–Crippen MR) is 146 cm³/mol. The number of hydrogen-bond donors (Lipinski definition) is 1. The Kier molecular flexibility index (Phi) is 7.44. The van der Waals surface area contributed by atoms with Gasteiger partial charge in [0.05, 0.1) is 19.9 Å². The van der Waals surface area contributed by atoms with Gasteiger partial charge in [0.15, 0.2) is 0 Å². The molecule has 1 heterocycles. The number of halogens is 1. The number of carbonyl (C=O) groups excluding carboxylic acids is 3. The number of anilines is 1. The number of carbonyl (C=O) groups is 3. The molecule has 36 heavy (non-hydrogen) atoms. The minimum absolute atomic E-state index is 0.148. The highest BCUT2D eigenvalue weighted by Crippen LogP contribution is 2.31. The molecule has 184 valence electrons. The molecule has 1 saturated heterocycles. The van der Waals surface area contributed by atoms with E-state index in [1.54, 1.807) is 37.4 Å². The van der Waals surface area contributed by atoms with E-state index in [-0.39, 0.29) is 5.57 Å². The SMILES string of the molecule is COc1ccc(N2C(=O)NC(=O)/C(=C\c3cc(I)c(Cc4cc(C)cc(C)c4)c(OC)c3)C2=O)cc1. The molecule has 1 fully saturated rings. The first kappa shape index (κ1) is 25.4. The van der Waals surface area contributed by atoms with Crippen molar-refractivity contribution >= 4 is 52.2 Å². The normalized spacial score (nSPS) is 14.8. The van der Waals surface area contributed by atoms with Crippen molar-refractivity contribution in [2.75, 3.05) is 19.1 Å². The summed E-state index contributed by atoms with van der Waals surface area (Å²) < 4.78 is 11.7. The summed E-state index contributed by atoms with van der Waals surface area (Å²) in [6, 6.07) is 15.7. The number of aryl methyl sites for hydroxylation is 2. The van der Waals surface area contributed by atoms with E-state index in [1.807, 2.05) is 6.07 Å². The average Bonchev–Trinajstić information content (AvgIpc) is 2.83. The van der Waals surface area contributed by atoms with Crippen molar-refractivity contribution in [1.29, 1.82) is 0 Å². The largest absolute Gasteiger partial charge is 0.497 e. The fraction of sp³-hybridized carbons (Fsp3) is 0.179. The summed E-state index contributed by atoms with van der Waals surface area (Å²) in [4.78, 5) is 39.3. The van der Waals surface area contributed by atoms with E-state index in [2.05, 4.69) is 60.0 Å². The summed E-state index contributed by atoms with van der Waals surface area (Å²) in [6.45, 7) is 4.14. The van der Waals surface area contributed by atoms with Crippen LogP contribution in [0, 0.1) is 17.4 Å². The van der Waals surface area contributed by atoms with Gasteiger partial charge in [-0.05, 0) is 90.0 Å². The molecule has 8 heteroatoms. The molecule has 0 aromatic heterocycles. The Morgan fingerprint density at radius 3 is 2.19 bits per heavy atom. The number of nitrogens with zero attached hydrogens (tertiary/aromatic N) is 1. The second kappa shape index (κ2) is 10.5. The first-order valence-corrected chi connectivity index (χ1v) is 12.3. The van der Waals surface area contributed by atoms with Gasteiger partial charge in [0.1, 0.15) is 17.1 Å². The first-order chi connectivity index (χ1) is 17.2. The lowest BCUT2D eigenvalue weighted by atomic mass is 9.98. The first-order valence-electron chi connectivity index (χ1n) is 11.2. The van der Waals surface area contributed by atoms with Crippen molar-refractivity contribution in [3.05, 3.63) is 91.6 Å². The quantitative estimate of drug-likeness (QED) is 0.241. The summed E-state index contributed by atoms with van der Waals surface area (Å²) in [5, 5.41) is 2.25. The Morgan fingerprint density at radius 2 is 1.58 bits per heavy atom. The van der Waals surface area contributed by atoms with Gasteiger partial charge in [0.25, 0.3) is 11.8 Å². The third kappa shape index (κ3) is 5.28. The maximum absolute atomic E-state index is 13.2. The maximum Gasteiger partial charge on any atom is 0.335 e. The molecule has 1 N–H and O–H groups in total. The molecule has 3 aromatic carbocycles. The minimum atomic E-state index is -0.803. The van der Waals surface area contributed by atoms with Crippen LogP contribution >= 0.6 is 22.6 Å². The van der Waals surface area contributed by atoms with Crippen molar-refractivity contribution < 1.29 is 23.9 Å². The van der Waals surface area contributed by atoms with E-state index >= 15 is 0 Å². The van der Waals surface area contributed by atoms with E-state index in [9.17, 15) is 14.4 Å². The molecule has 4 rings (SSSR count). The highest BCUT2D eigenvalue weighted by atomic mass is 127. The molecule has 0 spiro atoms. The summed E-state index contributed by atoms with van der Waals surface area (Å²) in [5.41, 5.74) is 5.36. The smallest absolute Gasteiger partial charge is 0.335 e. The van der Waals surface area contributed by atoms with Crippen LogP contribution in [0.25, 0.3) is 6.08 Å². The number of imide groups is 2. The molecule has 0 unspecified atom stereocenters. The monoisotopic (exact) mass is 596 g/mol. The molecule has 1 aliphatic rings. The molecule has 0 radical (unpaired) electrons. The van der Waals surface area contributed by atoms with Crippen molar-refractivity contribution in [2.24, 2.45) is 0 Å². The van der Waals surface area contributed by atoms with Crippen LogP contribution in [0.2, 0.25) is 0 Å². The Hall–Kier alpha value is -3.66. The van der Waals surface area contributed by atoms with E-state index in [0.29, 0.717) is 29.2 Å². The van der Waals surface area contributed by atoms with Crippen LogP contribution in [0.3, 0.4) is 0 Å². The van der Waals surface area contributed by atoms with Crippen molar-refractivity contribution in [3.63, 3.8) is 0 Å². The third-order valence-electron chi connectivity index (χ3n) is 5.80. The molecular weight excluding hydrogens is 571 g/mol. The third-order valence-corrected chi connectivity index (χ3v) is 6.76. The number of barbiturate groups is 1. The van der Waals surface area contributed by atoms with Gasteiger partial charge >= 0.3 is 6.03 Å². The highest BCUT2D eigenvalue weighted by molar-refractivity contribution is 14.1. The van der Waals surface area contributed by atoms with Gasteiger partial charge in [-0.3, -0.25) is 14.9 Å². The molecule has 0 aliphatic carbocycles. The van der Waals surface area contributed by atoms with Gasteiger partial charge in [-0.15, -0.1) is 0 Å². The molecular formula is C28H25IN2O5. The van der Waals surface area contributed by atoms with Gasteiger partial charge < -0.3 is 9.47 Å². The number of rotatable bonds is 6. The standard InChI is InChI=1S/C28H25IN2O5/c1-16-9-17(2)11-18(10-16)12-22-24(29)14-19(15-25(22)36-4)13-23-26(32)30-28(34)31(27(23)33)20-5-7-21(35-3)8-6-20/h5-11,13-15H,12H2,1-4H3,(H,30,32,34)/b23-13+. The highest BCUT2D eigenvalue weighted by Gasteiger charge is 2.36. The number of hydrogen-bond acceptors (Lipinski definition) is 5. The van der Waals surface area contributed by atoms with Gasteiger partial charge in [0.2, 0.25) is 0 Å². The average molecular weight is 596 g/mol. The molecule has 0 saturated carbocycles. The molecule has 4 amide bonds. The molecule has 0 atom stereocenters. The number of methoxy groups -OCH3 is 2. The summed E-state index contributed by atoms with van der Waals surface area (Å²) in [5.74, 6) is -0.219. The van der Waals surface area contributed by atoms with E-state index in [4.69, 9.17) is 9.47 Å². The van der Waals surface area contributed by atoms with Crippen LogP contribution in [0.5, 0.6) is 11.5 Å². The molecule has 3 aromatic rings. The number of urea groups is 1. The molecule has 1 aliphatic heterocycles.